The zero-order valence-electron chi connectivity index (χ0n) is 18.6. The molecule has 0 heteroatoms. The van der Waals surface area contributed by atoms with E-state index >= 15 is 0 Å². The van der Waals surface area contributed by atoms with Crippen LogP contribution in [-0.2, 0) is 0 Å². The monoisotopic (exact) mass is 352 g/mol. The average Bonchev–Trinajstić information content (AvgIpc) is 2.27. The minimum atomic E-state index is 0.688. The summed E-state index contributed by atoms with van der Waals surface area (Å²) < 4.78 is 0. The van der Waals surface area contributed by atoms with Gasteiger partial charge in [-0.1, -0.05) is 55.4 Å². The van der Waals surface area contributed by atoms with Crippen molar-refractivity contribution in [1.29, 1.82) is 0 Å². The molecule has 10 aliphatic rings. The van der Waals surface area contributed by atoms with Crippen LogP contribution < -0.4 is 0 Å². The Morgan fingerprint density at radius 3 is 0.654 bits per heavy atom. The minimum absolute atomic E-state index is 0.688. The van der Waals surface area contributed by atoms with Crippen LogP contribution in [0.15, 0.2) is 0 Å². The molecule has 0 aromatic carbocycles. The van der Waals surface area contributed by atoms with Crippen molar-refractivity contribution in [2.75, 3.05) is 0 Å². The van der Waals surface area contributed by atoms with Gasteiger partial charge in [0.15, 0.2) is 0 Å². The highest BCUT2D eigenvalue weighted by molar-refractivity contribution is 5.61. The van der Waals surface area contributed by atoms with Gasteiger partial charge < -0.3 is 0 Å². The second-order valence-electron chi connectivity index (χ2n) is 15.5. The topological polar surface area (TPSA) is 0 Å². The predicted octanol–water partition coefficient (Wildman–Crippen LogP) is 6.94. The summed E-state index contributed by atoms with van der Waals surface area (Å²) in [5.74, 6) is 4.61. The van der Waals surface area contributed by atoms with E-state index in [1.54, 1.807) is 0 Å². The summed E-state index contributed by atoms with van der Waals surface area (Å²) in [5.41, 5.74) is 6.17. The highest BCUT2D eigenvalue weighted by Gasteiger charge is 3.14. The fourth-order valence-corrected chi connectivity index (χ4v) is 16.4. The summed E-state index contributed by atoms with van der Waals surface area (Å²) in [4.78, 5) is 0. The van der Waals surface area contributed by atoms with Crippen LogP contribution in [0.25, 0.3) is 0 Å². The van der Waals surface area contributed by atoms with Crippen molar-refractivity contribution < 1.29 is 0 Å². The first kappa shape index (κ1) is 15.9. The lowest BCUT2D eigenvalue weighted by Gasteiger charge is -3.18. The van der Waals surface area contributed by atoms with Crippen LogP contribution in [0, 0.1) is 67.0 Å². The van der Waals surface area contributed by atoms with E-state index in [0.29, 0.717) is 21.7 Å². The molecular weight excluding hydrogens is 312 g/mol. The Morgan fingerprint density at radius 2 is 0.500 bits per heavy atom. The van der Waals surface area contributed by atoms with Crippen LogP contribution in [0.5, 0.6) is 0 Å². The quantitative estimate of drug-likeness (QED) is 0.443. The van der Waals surface area contributed by atoms with E-state index in [1.165, 1.54) is 38.5 Å². The normalized spacial score (nSPS) is 82.2. The Morgan fingerprint density at radius 1 is 0.346 bits per heavy atom. The van der Waals surface area contributed by atoms with E-state index in [9.17, 15) is 0 Å². The molecular formula is C26H40. The fraction of sp³-hybridized carbons (Fsp3) is 1.00. The average molecular weight is 353 g/mol. The number of hydrogen-bond donors (Lipinski definition) is 0. The molecule has 0 aromatic heterocycles. The van der Waals surface area contributed by atoms with Crippen molar-refractivity contribution in [3.05, 3.63) is 0 Å². The third-order valence-corrected chi connectivity index (χ3v) is 12.6. The van der Waals surface area contributed by atoms with Gasteiger partial charge in [0.25, 0.3) is 0 Å². The number of rotatable bonds is 0. The van der Waals surface area contributed by atoms with Crippen LogP contribution in [-0.4, -0.2) is 0 Å². The van der Waals surface area contributed by atoms with E-state index in [-0.39, 0.29) is 0 Å². The van der Waals surface area contributed by atoms with Gasteiger partial charge >= 0.3 is 0 Å². The van der Waals surface area contributed by atoms with Crippen molar-refractivity contribution in [3.63, 3.8) is 0 Å². The maximum absolute atomic E-state index is 2.58. The van der Waals surface area contributed by atoms with Crippen LogP contribution in [0.3, 0.4) is 0 Å². The summed E-state index contributed by atoms with van der Waals surface area (Å²) in [7, 11) is 0. The smallest absolute Gasteiger partial charge is 0.0208 e. The summed E-state index contributed by atoms with van der Waals surface area (Å²) in [6.45, 7) is 20.5. The van der Waals surface area contributed by atoms with Crippen molar-refractivity contribution in [3.8, 4) is 0 Å². The van der Waals surface area contributed by atoms with Crippen molar-refractivity contribution >= 4 is 0 Å². The summed E-state index contributed by atoms with van der Waals surface area (Å²) in [5, 5.41) is 0. The van der Waals surface area contributed by atoms with Gasteiger partial charge in [-0.2, -0.15) is 0 Å². The van der Waals surface area contributed by atoms with E-state index in [0.717, 1.165) is 45.3 Å². The van der Waals surface area contributed by atoms with Crippen molar-refractivity contribution in [1.82, 2.24) is 0 Å². The lowest BCUT2D eigenvalue weighted by Crippen LogP contribution is -3.15. The number of hydrogen-bond acceptors (Lipinski definition) is 0. The molecule has 0 aromatic rings. The molecule has 0 aliphatic heterocycles. The molecule has 144 valence electrons. The molecule has 10 fully saturated rings. The lowest BCUT2D eigenvalue weighted by molar-refractivity contribution is -0.724. The van der Waals surface area contributed by atoms with Crippen LogP contribution in [0.1, 0.15) is 93.9 Å². The third-order valence-electron chi connectivity index (χ3n) is 12.6. The van der Waals surface area contributed by atoms with Gasteiger partial charge in [0.2, 0.25) is 0 Å². The van der Waals surface area contributed by atoms with Gasteiger partial charge in [0.1, 0.15) is 0 Å². The first-order valence-corrected chi connectivity index (χ1v) is 11.7. The summed E-state index contributed by atoms with van der Waals surface area (Å²) >= 11 is 0. The molecule has 0 saturated heterocycles. The van der Waals surface area contributed by atoms with Gasteiger partial charge in [-0.3, -0.25) is 0 Å². The second-order valence-corrected chi connectivity index (χ2v) is 15.5. The van der Waals surface area contributed by atoms with Crippen LogP contribution in [0.2, 0.25) is 0 Å². The Hall–Kier alpha value is 0. The highest BCUT2D eigenvalue weighted by atomic mass is 15.2. The Bertz CT molecular complexity index is 567. The molecule has 10 aliphatic carbocycles. The van der Waals surface area contributed by atoms with Gasteiger partial charge in [0.05, 0.1) is 0 Å². The van der Waals surface area contributed by atoms with Crippen LogP contribution >= 0.6 is 0 Å². The predicted molar refractivity (Wildman–Crippen MR) is 107 cm³/mol. The zero-order chi connectivity index (χ0) is 18.6. The maximum atomic E-state index is 2.58. The van der Waals surface area contributed by atoms with Gasteiger partial charge in [-0.05, 0) is 106 Å². The van der Waals surface area contributed by atoms with Crippen molar-refractivity contribution in [2.45, 2.75) is 93.9 Å². The molecule has 0 amide bonds. The second kappa shape index (κ2) is 3.31. The SMILES string of the molecule is CC12C3C4(C)C1C1(C)C2C3(C)C41.CC12CC3(C)CC(C)(C1)CC(C)(C2)C3. The zero-order valence-corrected chi connectivity index (χ0v) is 18.6. The van der Waals surface area contributed by atoms with E-state index < -0.39 is 0 Å². The molecule has 4 bridgehead atoms. The third kappa shape index (κ3) is 1.09. The minimum Gasteiger partial charge on any atom is -0.0596 e. The van der Waals surface area contributed by atoms with E-state index in [4.69, 9.17) is 0 Å². The Labute approximate surface area is 161 Å². The first-order chi connectivity index (χ1) is 11.7. The Kier molecular flexibility index (Phi) is 2.02. The molecule has 0 N–H and O–H groups in total. The highest BCUT2D eigenvalue weighted by Crippen LogP contribution is 3.18. The van der Waals surface area contributed by atoms with Gasteiger partial charge in [-0.15, -0.1) is 0 Å². The molecule has 0 nitrogen and oxygen atoms in total. The molecule has 26 heavy (non-hydrogen) atoms. The summed E-state index contributed by atoms with van der Waals surface area (Å²) in [6, 6.07) is 0. The van der Waals surface area contributed by atoms with E-state index in [2.05, 4.69) is 55.4 Å². The lowest BCUT2D eigenvalue weighted by atomic mass is 8.85. The Balaban J connectivity index is 0.0000000990. The summed E-state index contributed by atoms with van der Waals surface area (Å²) in [6.07, 6.45) is 9.03. The van der Waals surface area contributed by atoms with E-state index in [1.807, 2.05) is 0 Å². The van der Waals surface area contributed by atoms with Crippen LogP contribution in [0.4, 0.5) is 0 Å². The fourth-order valence-electron chi connectivity index (χ4n) is 16.4. The standard InChI is InChI=1S/C14H24.C12H16/c1-11-5-12(2)8-13(3,6-11)10-14(4,7-11)9-12;1-9-5-10(2)6(9)12(4)7(9)11(5,3)8(10)12/h5-10H2,1-4H3;5-8H,1-4H3. The van der Waals surface area contributed by atoms with Gasteiger partial charge in [-0.25, -0.2) is 0 Å². The maximum Gasteiger partial charge on any atom is -0.0208 e. The van der Waals surface area contributed by atoms with Crippen molar-refractivity contribution in [2.24, 2.45) is 67.0 Å². The molecule has 0 unspecified atom stereocenters. The molecule has 0 heterocycles. The molecule has 0 atom stereocenters. The molecule has 10 rings (SSSR count). The largest absolute Gasteiger partial charge is 0.0596 e. The van der Waals surface area contributed by atoms with Gasteiger partial charge in [0, 0.05) is 0 Å². The molecule has 0 radical (unpaired) electrons. The first-order valence-electron chi connectivity index (χ1n) is 11.7. The molecule has 0 spiro atoms. The molecule has 10 saturated carbocycles.